The summed E-state index contributed by atoms with van der Waals surface area (Å²) in [4.78, 5) is 1.79. The van der Waals surface area contributed by atoms with E-state index in [1.807, 2.05) is 60.7 Å². The standard InChI is InChI=1S/C21H24F3NO2/c1-20(2)26-15-18(19(27-20)21(22,23)24)25(13-16-9-5-3-6-10-16)14-17-11-7-4-8-12-17/h3-12,18-19H,13-15H2,1-2H3/t18-,19-/m0/s1. The van der Waals surface area contributed by atoms with Gasteiger partial charge >= 0.3 is 6.18 Å². The van der Waals surface area contributed by atoms with Crippen LogP contribution < -0.4 is 0 Å². The molecule has 3 rings (SSSR count). The Morgan fingerprint density at radius 2 is 1.41 bits per heavy atom. The number of ether oxygens (including phenoxy) is 2. The lowest BCUT2D eigenvalue weighted by molar-refractivity contribution is -0.356. The highest BCUT2D eigenvalue weighted by Crippen LogP contribution is 2.36. The monoisotopic (exact) mass is 379 g/mol. The second-order valence-corrected chi connectivity index (χ2v) is 7.23. The van der Waals surface area contributed by atoms with Crippen LogP contribution in [0.3, 0.4) is 0 Å². The lowest BCUT2D eigenvalue weighted by atomic mass is 10.0. The second-order valence-electron chi connectivity index (χ2n) is 7.23. The minimum Gasteiger partial charge on any atom is -0.349 e. The molecule has 2 aromatic rings. The molecule has 0 amide bonds. The maximum atomic E-state index is 13.8. The van der Waals surface area contributed by atoms with Gasteiger partial charge in [0.25, 0.3) is 0 Å². The van der Waals surface area contributed by atoms with Crippen LogP contribution in [0.5, 0.6) is 0 Å². The third-order valence-electron chi connectivity index (χ3n) is 4.61. The van der Waals surface area contributed by atoms with Crippen molar-refractivity contribution in [1.82, 2.24) is 4.90 Å². The summed E-state index contributed by atoms with van der Waals surface area (Å²) in [6, 6.07) is 18.0. The molecular weight excluding hydrogens is 355 g/mol. The first-order valence-corrected chi connectivity index (χ1v) is 8.95. The molecule has 1 aliphatic rings. The molecule has 0 N–H and O–H groups in total. The fraction of sp³-hybridized carbons (Fsp3) is 0.429. The van der Waals surface area contributed by atoms with Crippen molar-refractivity contribution in [2.45, 2.75) is 51.0 Å². The first-order chi connectivity index (χ1) is 12.7. The molecule has 1 saturated heterocycles. The first kappa shape index (κ1) is 19.9. The molecule has 0 bridgehead atoms. The van der Waals surface area contributed by atoms with Gasteiger partial charge in [0.2, 0.25) is 0 Å². The molecule has 27 heavy (non-hydrogen) atoms. The summed E-state index contributed by atoms with van der Waals surface area (Å²) < 4.78 is 52.2. The zero-order valence-corrected chi connectivity index (χ0v) is 15.4. The summed E-state index contributed by atoms with van der Waals surface area (Å²) in [5.41, 5.74) is 1.89. The molecule has 2 aromatic carbocycles. The lowest BCUT2D eigenvalue weighted by Gasteiger charge is -2.45. The summed E-state index contributed by atoms with van der Waals surface area (Å²) in [7, 11) is 0. The normalized spacial score (nSPS) is 22.7. The van der Waals surface area contributed by atoms with Crippen molar-refractivity contribution in [3.63, 3.8) is 0 Å². The van der Waals surface area contributed by atoms with Gasteiger partial charge in [0, 0.05) is 13.1 Å². The Labute approximate surface area is 157 Å². The number of hydrogen-bond donors (Lipinski definition) is 0. The predicted octanol–water partition coefficient (Wildman–Crippen LogP) is 4.77. The highest BCUT2D eigenvalue weighted by molar-refractivity contribution is 5.17. The summed E-state index contributed by atoms with van der Waals surface area (Å²) in [5.74, 6) is -1.26. The molecule has 2 atom stereocenters. The van der Waals surface area contributed by atoms with Crippen molar-refractivity contribution < 1.29 is 22.6 Å². The maximum Gasteiger partial charge on any atom is 0.416 e. The van der Waals surface area contributed by atoms with Crippen LogP contribution in [0.2, 0.25) is 0 Å². The van der Waals surface area contributed by atoms with E-state index < -0.39 is 24.1 Å². The van der Waals surface area contributed by atoms with Gasteiger partial charge < -0.3 is 9.47 Å². The van der Waals surface area contributed by atoms with Gasteiger partial charge in [-0.3, -0.25) is 4.90 Å². The Morgan fingerprint density at radius 1 is 0.926 bits per heavy atom. The molecule has 0 aliphatic carbocycles. The third kappa shape index (κ3) is 5.31. The molecule has 6 heteroatoms. The van der Waals surface area contributed by atoms with Crippen LogP contribution in [-0.4, -0.2) is 35.6 Å². The Balaban J connectivity index is 1.89. The summed E-state index contributed by atoms with van der Waals surface area (Å²) in [6.45, 7) is 3.73. The zero-order valence-electron chi connectivity index (χ0n) is 15.4. The van der Waals surface area contributed by atoms with E-state index in [1.165, 1.54) is 13.8 Å². The van der Waals surface area contributed by atoms with Gasteiger partial charge in [-0.05, 0) is 25.0 Å². The van der Waals surface area contributed by atoms with Crippen LogP contribution in [0, 0.1) is 0 Å². The Morgan fingerprint density at radius 3 is 1.85 bits per heavy atom. The number of alkyl halides is 3. The molecule has 0 unspecified atom stereocenters. The van der Waals surface area contributed by atoms with Crippen molar-refractivity contribution in [3.05, 3.63) is 71.8 Å². The van der Waals surface area contributed by atoms with E-state index in [4.69, 9.17) is 9.47 Å². The van der Waals surface area contributed by atoms with Crippen LogP contribution in [0.25, 0.3) is 0 Å². The van der Waals surface area contributed by atoms with Crippen LogP contribution in [0.15, 0.2) is 60.7 Å². The van der Waals surface area contributed by atoms with Crippen LogP contribution in [-0.2, 0) is 22.6 Å². The Hall–Kier alpha value is -1.89. The molecule has 146 valence electrons. The summed E-state index contributed by atoms with van der Waals surface area (Å²) >= 11 is 0. The molecule has 1 aliphatic heterocycles. The fourth-order valence-electron chi connectivity index (χ4n) is 3.30. The molecule has 1 heterocycles. The van der Waals surface area contributed by atoms with Gasteiger partial charge in [0.1, 0.15) is 0 Å². The predicted molar refractivity (Wildman–Crippen MR) is 96.9 cm³/mol. The summed E-state index contributed by atoms with van der Waals surface area (Å²) in [5, 5.41) is 0. The first-order valence-electron chi connectivity index (χ1n) is 8.95. The molecule has 3 nitrogen and oxygen atoms in total. The number of nitrogens with zero attached hydrogens (tertiary/aromatic N) is 1. The molecule has 0 spiro atoms. The largest absolute Gasteiger partial charge is 0.416 e. The average molecular weight is 379 g/mol. The van der Waals surface area contributed by atoms with Gasteiger partial charge in [-0.2, -0.15) is 13.2 Å². The van der Waals surface area contributed by atoms with E-state index in [-0.39, 0.29) is 6.61 Å². The van der Waals surface area contributed by atoms with E-state index in [9.17, 15) is 13.2 Å². The van der Waals surface area contributed by atoms with Gasteiger partial charge in [-0.1, -0.05) is 60.7 Å². The van der Waals surface area contributed by atoms with Gasteiger partial charge in [0.05, 0.1) is 12.6 Å². The fourth-order valence-corrected chi connectivity index (χ4v) is 3.30. The van der Waals surface area contributed by atoms with Crippen molar-refractivity contribution in [2.75, 3.05) is 6.61 Å². The third-order valence-corrected chi connectivity index (χ3v) is 4.61. The topological polar surface area (TPSA) is 21.7 Å². The Bertz CT molecular complexity index is 678. The van der Waals surface area contributed by atoms with Crippen molar-refractivity contribution >= 4 is 0 Å². The number of rotatable bonds is 5. The van der Waals surface area contributed by atoms with Gasteiger partial charge in [-0.15, -0.1) is 0 Å². The smallest absolute Gasteiger partial charge is 0.349 e. The number of benzene rings is 2. The van der Waals surface area contributed by atoms with Gasteiger partial charge in [-0.25, -0.2) is 0 Å². The molecule has 1 fully saturated rings. The SMILES string of the molecule is CC1(C)OC[C@H](N(Cc2ccccc2)Cc2ccccc2)[C@@H](C(F)(F)F)O1. The zero-order chi connectivity index (χ0) is 19.5. The van der Waals surface area contributed by atoms with E-state index in [0.717, 1.165) is 11.1 Å². The van der Waals surface area contributed by atoms with Crippen molar-refractivity contribution in [1.29, 1.82) is 0 Å². The van der Waals surface area contributed by atoms with Crippen LogP contribution >= 0.6 is 0 Å². The minimum absolute atomic E-state index is 0.0448. The highest BCUT2D eigenvalue weighted by atomic mass is 19.4. The van der Waals surface area contributed by atoms with Crippen molar-refractivity contribution in [3.8, 4) is 0 Å². The van der Waals surface area contributed by atoms with Crippen LogP contribution in [0.4, 0.5) is 13.2 Å². The highest BCUT2D eigenvalue weighted by Gasteiger charge is 2.53. The van der Waals surface area contributed by atoms with Crippen molar-refractivity contribution in [2.24, 2.45) is 0 Å². The van der Waals surface area contributed by atoms with Crippen LogP contribution in [0.1, 0.15) is 25.0 Å². The number of halogens is 3. The average Bonchev–Trinajstić information content (AvgIpc) is 2.61. The molecular formula is C21H24F3NO2. The van der Waals surface area contributed by atoms with E-state index in [2.05, 4.69) is 0 Å². The quantitative estimate of drug-likeness (QED) is 0.747. The van der Waals surface area contributed by atoms with Gasteiger partial charge in [0.15, 0.2) is 11.9 Å². The van der Waals surface area contributed by atoms with E-state index in [1.54, 1.807) is 4.90 Å². The molecule has 0 radical (unpaired) electrons. The summed E-state index contributed by atoms with van der Waals surface area (Å²) in [6.07, 6.45) is -6.38. The van der Waals surface area contributed by atoms with E-state index in [0.29, 0.717) is 13.1 Å². The molecule has 0 saturated carbocycles. The second kappa shape index (κ2) is 8.00. The maximum absolute atomic E-state index is 13.8. The minimum atomic E-state index is -4.47. The van der Waals surface area contributed by atoms with E-state index >= 15 is 0 Å². The lowest BCUT2D eigenvalue weighted by Crippen LogP contribution is -2.60. The Kier molecular flexibility index (Phi) is 5.89. The molecule has 0 aromatic heterocycles. The number of hydrogen-bond acceptors (Lipinski definition) is 3.